The number of carbonyl (C=O) groups is 1. The van der Waals surface area contributed by atoms with Crippen LogP contribution in [0.4, 0.5) is 11.4 Å². The van der Waals surface area contributed by atoms with Crippen molar-refractivity contribution in [1.29, 1.82) is 0 Å². The summed E-state index contributed by atoms with van der Waals surface area (Å²) >= 11 is 0. The minimum Gasteiger partial charge on any atom is -0.397 e. The van der Waals surface area contributed by atoms with Gasteiger partial charge in [0.25, 0.3) is 5.91 Å². The molecule has 110 valence electrons. The molecular formula is C16H20N4O. The molecule has 1 aromatic carbocycles. The molecule has 2 aromatic rings. The Morgan fingerprint density at radius 3 is 2.71 bits per heavy atom. The van der Waals surface area contributed by atoms with Gasteiger partial charge in [-0.15, -0.1) is 0 Å². The normalized spacial score (nSPS) is 10.2. The van der Waals surface area contributed by atoms with Crippen molar-refractivity contribution in [3.63, 3.8) is 0 Å². The second-order valence-electron chi connectivity index (χ2n) is 5.12. The van der Waals surface area contributed by atoms with Crippen molar-refractivity contribution in [3.05, 3.63) is 53.3 Å². The van der Waals surface area contributed by atoms with E-state index in [1.54, 1.807) is 32.4 Å². The van der Waals surface area contributed by atoms with Crippen LogP contribution < -0.4 is 11.1 Å². The topological polar surface area (TPSA) is 71.2 Å². The Kier molecular flexibility index (Phi) is 4.42. The Bertz CT molecular complexity index is 652. The van der Waals surface area contributed by atoms with E-state index in [1.165, 1.54) is 4.90 Å². The summed E-state index contributed by atoms with van der Waals surface area (Å²) in [5.74, 6) is -0.0613. The number of hydrogen-bond acceptors (Lipinski definition) is 4. The molecule has 0 aliphatic heterocycles. The van der Waals surface area contributed by atoms with E-state index >= 15 is 0 Å². The number of nitrogens with one attached hydrogen (secondary N) is 1. The molecule has 0 bridgehead atoms. The van der Waals surface area contributed by atoms with Crippen LogP contribution in [0.15, 0.2) is 36.5 Å². The van der Waals surface area contributed by atoms with Gasteiger partial charge in [-0.2, -0.15) is 0 Å². The zero-order valence-corrected chi connectivity index (χ0v) is 12.6. The Hall–Kier alpha value is -2.56. The van der Waals surface area contributed by atoms with Gasteiger partial charge < -0.3 is 16.0 Å². The van der Waals surface area contributed by atoms with Crippen LogP contribution >= 0.6 is 0 Å². The number of hydrogen-bond donors (Lipinski definition) is 2. The van der Waals surface area contributed by atoms with E-state index in [1.807, 2.05) is 25.1 Å². The first-order valence-corrected chi connectivity index (χ1v) is 6.74. The largest absolute Gasteiger partial charge is 0.397 e. The van der Waals surface area contributed by atoms with Gasteiger partial charge in [-0.25, -0.2) is 0 Å². The quantitative estimate of drug-likeness (QED) is 0.845. The molecule has 2 rings (SSSR count). The summed E-state index contributed by atoms with van der Waals surface area (Å²) < 4.78 is 0. The van der Waals surface area contributed by atoms with E-state index in [0.717, 1.165) is 16.9 Å². The second kappa shape index (κ2) is 6.26. The number of amides is 1. The minimum absolute atomic E-state index is 0.0613. The number of pyridine rings is 1. The van der Waals surface area contributed by atoms with Gasteiger partial charge in [0.05, 0.1) is 23.6 Å². The summed E-state index contributed by atoms with van der Waals surface area (Å²) in [6.07, 6.45) is 1.77. The molecule has 0 radical (unpaired) electrons. The molecule has 0 saturated carbocycles. The summed E-state index contributed by atoms with van der Waals surface area (Å²) in [5.41, 5.74) is 10.0. The van der Waals surface area contributed by atoms with E-state index < -0.39 is 0 Å². The lowest BCUT2D eigenvalue weighted by atomic mass is 10.1. The van der Waals surface area contributed by atoms with Crippen LogP contribution in [-0.4, -0.2) is 29.9 Å². The molecule has 0 unspecified atom stereocenters. The smallest absolute Gasteiger partial charge is 0.253 e. The fraction of sp³-hybridized carbons (Fsp3) is 0.250. The molecule has 5 nitrogen and oxygen atoms in total. The Morgan fingerprint density at radius 1 is 1.33 bits per heavy atom. The molecule has 5 heteroatoms. The van der Waals surface area contributed by atoms with Gasteiger partial charge in [0.1, 0.15) is 0 Å². The molecule has 0 aliphatic rings. The van der Waals surface area contributed by atoms with Crippen LogP contribution in [0.5, 0.6) is 0 Å². The molecule has 0 atom stereocenters. The van der Waals surface area contributed by atoms with Crippen molar-refractivity contribution in [2.45, 2.75) is 13.5 Å². The lowest BCUT2D eigenvalue weighted by Crippen LogP contribution is -2.21. The summed E-state index contributed by atoms with van der Waals surface area (Å²) in [7, 11) is 3.43. The summed E-state index contributed by atoms with van der Waals surface area (Å²) in [5, 5.41) is 3.25. The first-order valence-electron chi connectivity index (χ1n) is 6.74. The highest BCUT2D eigenvalue weighted by molar-refractivity contribution is 5.95. The Labute approximate surface area is 124 Å². The van der Waals surface area contributed by atoms with Crippen LogP contribution in [0.2, 0.25) is 0 Å². The van der Waals surface area contributed by atoms with Gasteiger partial charge in [0, 0.05) is 25.9 Å². The SMILES string of the molecule is Cc1cccnc1CNc1ccc(C(=O)N(C)C)cc1N. The van der Waals surface area contributed by atoms with Gasteiger partial charge in [0.15, 0.2) is 0 Å². The number of nitrogens with two attached hydrogens (primary N) is 1. The van der Waals surface area contributed by atoms with Crippen molar-refractivity contribution in [3.8, 4) is 0 Å². The van der Waals surface area contributed by atoms with Crippen LogP contribution in [0.3, 0.4) is 0 Å². The molecule has 3 N–H and O–H groups in total. The third-order valence-electron chi connectivity index (χ3n) is 3.27. The summed E-state index contributed by atoms with van der Waals surface area (Å²) in [6.45, 7) is 2.62. The first kappa shape index (κ1) is 14.8. The van der Waals surface area contributed by atoms with Crippen LogP contribution in [0.1, 0.15) is 21.6 Å². The van der Waals surface area contributed by atoms with E-state index in [-0.39, 0.29) is 5.91 Å². The number of aromatic nitrogens is 1. The lowest BCUT2D eigenvalue weighted by molar-refractivity contribution is 0.0827. The van der Waals surface area contributed by atoms with E-state index in [9.17, 15) is 4.79 Å². The minimum atomic E-state index is -0.0613. The molecular weight excluding hydrogens is 264 g/mol. The molecule has 21 heavy (non-hydrogen) atoms. The summed E-state index contributed by atoms with van der Waals surface area (Å²) in [6, 6.07) is 9.22. The fourth-order valence-corrected chi connectivity index (χ4v) is 2.00. The zero-order valence-electron chi connectivity index (χ0n) is 12.6. The number of rotatable bonds is 4. The van der Waals surface area contributed by atoms with Crippen LogP contribution in [0.25, 0.3) is 0 Å². The van der Waals surface area contributed by atoms with Crippen molar-refractivity contribution >= 4 is 17.3 Å². The number of nitrogen functional groups attached to an aromatic ring is 1. The van der Waals surface area contributed by atoms with Gasteiger partial charge in [0.2, 0.25) is 0 Å². The second-order valence-corrected chi connectivity index (χ2v) is 5.12. The van der Waals surface area contributed by atoms with Crippen molar-refractivity contribution in [2.24, 2.45) is 0 Å². The monoisotopic (exact) mass is 284 g/mol. The van der Waals surface area contributed by atoms with Crippen LogP contribution in [-0.2, 0) is 6.54 Å². The standard InChI is InChI=1S/C16H20N4O/c1-11-5-4-8-18-15(11)10-19-14-7-6-12(9-13(14)17)16(21)20(2)3/h4-9,19H,10,17H2,1-3H3. The van der Waals surface area contributed by atoms with E-state index in [2.05, 4.69) is 10.3 Å². The van der Waals surface area contributed by atoms with Crippen molar-refractivity contribution in [2.75, 3.05) is 25.1 Å². The zero-order chi connectivity index (χ0) is 15.4. The van der Waals surface area contributed by atoms with E-state index in [4.69, 9.17) is 5.73 Å². The van der Waals surface area contributed by atoms with Crippen LogP contribution in [0, 0.1) is 6.92 Å². The Balaban J connectivity index is 2.12. The predicted molar refractivity (Wildman–Crippen MR) is 85.2 cm³/mol. The number of anilines is 2. The molecule has 0 spiro atoms. The van der Waals surface area contributed by atoms with Gasteiger partial charge in [-0.05, 0) is 36.8 Å². The highest BCUT2D eigenvalue weighted by Crippen LogP contribution is 2.21. The van der Waals surface area contributed by atoms with Crippen molar-refractivity contribution in [1.82, 2.24) is 9.88 Å². The third kappa shape index (κ3) is 3.51. The maximum Gasteiger partial charge on any atom is 0.253 e. The Morgan fingerprint density at radius 2 is 2.10 bits per heavy atom. The maximum atomic E-state index is 11.9. The highest BCUT2D eigenvalue weighted by Gasteiger charge is 2.10. The molecule has 1 amide bonds. The average molecular weight is 284 g/mol. The van der Waals surface area contributed by atoms with Crippen molar-refractivity contribution < 1.29 is 4.79 Å². The number of nitrogens with zero attached hydrogens (tertiary/aromatic N) is 2. The fourth-order valence-electron chi connectivity index (χ4n) is 2.00. The molecule has 0 aliphatic carbocycles. The number of aryl methyl sites for hydroxylation is 1. The summed E-state index contributed by atoms with van der Waals surface area (Å²) in [4.78, 5) is 17.7. The third-order valence-corrected chi connectivity index (χ3v) is 3.27. The maximum absolute atomic E-state index is 11.9. The molecule has 1 heterocycles. The molecule has 1 aromatic heterocycles. The van der Waals surface area contributed by atoms with Gasteiger partial charge in [-0.3, -0.25) is 9.78 Å². The molecule has 0 saturated heterocycles. The lowest BCUT2D eigenvalue weighted by Gasteiger charge is -2.14. The number of carbonyl (C=O) groups excluding carboxylic acids is 1. The average Bonchev–Trinajstić information content (AvgIpc) is 2.46. The van der Waals surface area contributed by atoms with Gasteiger partial charge >= 0.3 is 0 Å². The van der Waals surface area contributed by atoms with Gasteiger partial charge in [-0.1, -0.05) is 6.07 Å². The highest BCUT2D eigenvalue weighted by atomic mass is 16.2. The first-order chi connectivity index (χ1) is 9.99. The number of benzene rings is 1. The predicted octanol–water partition coefficient (Wildman–Crippen LogP) is 2.29. The van der Waals surface area contributed by atoms with E-state index in [0.29, 0.717) is 17.8 Å². The molecule has 0 fully saturated rings.